The molecule has 0 spiro atoms. The van der Waals surface area contributed by atoms with Gasteiger partial charge in [-0.1, -0.05) is 0 Å². The number of hydrogen-bond acceptors (Lipinski definition) is 3. The minimum atomic E-state index is -0.186. The van der Waals surface area contributed by atoms with E-state index < -0.39 is 0 Å². The quantitative estimate of drug-likeness (QED) is 0.888. The molecule has 0 amide bonds. The maximum absolute atomic E-state index is 13.1. The largest absolute Gasteiger partial charge is 0.488 e. The van der Waals surface area contributed by atoms with E-state index >= 15 is 0 Å². The predicted molar refractivity (Wildman–Crippen MR) is 75.0 cm³/mol. The molecule has 0 radical (unpaired) electrons. The fourth-order valence-corrected chi connectivity index (χ4v) is 2.26. The van der Waals surface area contributed by atoms with Gasteiger partial charge in [0.25, 0.3) is 0 Å². The second-order valence-corrected chi connectivity index (χ2v) is 6.80. The van der Waals surface area contributed by atoms with Crippen molar-refractivity contribution in [2.75, 3.05) is 19.3 Å². The standard InChI is InChI=1S/C14H20FNOS/c1-14(2,18-3)9-16-8-12-7-10-6-11(15)4-5-13(10)17-12/h4-6,12,16H,7-9H2,1-3H3. The van der Waals surface area contributed by atoms with E-state index in [0.717, 1.165) is 30.8 Å². The van der Waals surface area contributed by atoms with E-state index in [0.29, 0.717) is 0 Å². The van der Waals surface area contributed by atoms with E-state index in [-0.39, 0.29) is 16.7 Å². The van der Waals surface area contributed by atoms with Crippen LogP contribution < -0.4 is 10.1 Å². The first-order chi connectivity index (χ1) is 8.50. The molecule has 1 aliphatic heterocycles. The Balaban J connectivity index is 1.81. The van der Waals surface area contributed by atoms with Crippen molar-refractivity contribution >= 4 is 11.8 Å². The van der Waals surface area contributed by atoms with Gasteiger partial charge in [-0.25, -0.2) is 4.39 Å². The molecule has 0 fully saturated rings. The molecule has 1 atom stereocenters. The minimum Gasteiger partial charge on any atom is -0.488 e. The summed E-state index contributed by atoms with van der Waals surface area (Å²) in [5, 5.41) is 3.43. The van der Waals surface area contributed by atoms with E-state index in [1.54, 1.807) is 12.1 Å². The smallest absolute Gasteiger partial charge is 0.123 e. The van der Waals surface area contributed by atoms with Gasteiger partial charge >= 0.3 is 0 Å². The van der Waals surface area contributed by atoms with Crippen LogP contribution in [0.5, 0.6) is 5.75 Å². The minimum absolute atomic E-state index is 0.124. The third-order valence-corrected chi connectivity index (χ3v) is 4.49. The second kappa shape index (κ2) is 5.49. The van der Waals surface area contributed by atoms with Crippen molar-refractivity contribution in [2.24, 2.45) is 0 Å². The molecule has 1 unspecified atom stereocenters. The first kappa shape index (κ1) is 13.7. The number of thioether (sulfide) groups is 1. The first-order valence-electron chi connectivity index (χ1n) is 6.21. The molecule has 1 heterocycles. The number of rotatable bonds is 5. The molecule has 18 heavy (non-hydrogen) atoms. The highest BCUT2D eigenvalue weighted by Crippen LogP contribution is 2.29. The van der Waals surface area contributed by atoms with Crippen LogP contribution in [-0.4, -0.2) is 30.2 Å². The van der Waals surface area contributed by atoms with Crippen LogP contribution in [0.4, 0.5) is 4.39 Å². The molecule has 0 saturated heterocycles. The first-order valence-corrected chi connectivity index (χ1v) is 7.43. The summed E-state index contributed by atoms with van der Waals surface area (Å²) >= 11 is 1.85. The monoisotopic (exact) mass is 269 g/mol. The Labute approximate surface area is 112 Å². The summed E-state index contributed by atoms with van der Waals surface area (Å²) in [6, 6.07) is 4.74. The average molecular weight is 269 g/mol. The lowest BCUT2D eigenvalue weighted by Gasteiger charge is -2.23. The van der Waals surface area contributed by atoms with Crippen LogP contribution in [-0.2, 0) is 6.42 Å². The fraction of sp³-hybridized carbons (Fsp3) is 0.571. The van der Waals surface area contributed by atoms with E-state index in [1.807, 2.05) is 11.8 Å². The summed E-state index contributed by atoms with van der Waals surface area (Å²) in [5.41, 5.74) is 0.978. The summed E-state index contributed by atoms with van der Waals surface area (Å²) in [4.78, 5) is 0. The van der Waals surface area contributed by atoms with Crippen LogP contribution in [0.15, 0.2) is 18.2 Å². The summed E-state index contributed by atoms with van der Waals surface area (Å²) < 4.78 is 19.1. The number of hydrogen-bond donors (Lipinski definition) is 1. The molecule has 4 heteroatoms. The summed E-state index contributed by atoms with van der Waals surface area (Å²) in [6.45, 7) is 6.17. The van der Waals surface area contributed by atoms with Gasteiger partial charge in [-0.3, -0.25) is 0 Å². The normalized spacial score (nSPS) is 18.6. The Kier molecular flexibility index (Phi) is 4.17. The Morgan fingerprint density at radius 1 is 1.50 bits per heavy atom. The predicted octanol–water partition coefficient (Wildman–Crippen LogP) is 2.86. The van der Waals surface area contributed by atoms with Gasteiger partial charge in [0.2, 0.25) is 0 Å². The van der Waals surface area contributed by atoms with Crippen molar-refractivity contribution in [3.8, 4) is 5.75 Å². The van der Waals surface area contributed by atoms with E-state index in [1.165, 1.54) is 6.07 Å². The van der Waals surface area contributed by atoms with Crippen LogP contribution in [0, 0.1) is 5.82 Å². The topological polar surface area (TPSA) is 21.3 Å². The number of ether oxygens (including phenoxy) is 1. The third-order valence-electron chi connectivity index (χ3n) is 3.24. The van der Waals surface area contributed by atoms with Crippen molar-refractivity contribution in [1.82, 2.24) is 5.32 Å². The molecule has 2 rings (SSSR count). The van der Waals surface area contributed by atoms with E-state index in [2.05, 4.69) is 25.4 Å². The van der Waals surface area contributed by atoms with E-state index in [4.69, 9.17) is 4.74 Å². The van der Waals surface area contributed by atoms with Crippen molar-refractivity contribution < 1.29 is 9.13 Å². The van der Waals surface area contributed by atoms with Gasteiger partial charge in [0.1, 0.15) is 17.7 Å². The maximum Gasteiger partial charge on any atom is 0.123 e. The van der Waals surface area contributed by atoms with Gasteiger partial charge in [0, 0.05) is 29.8 Å². The SMILES string of the molecule is CSC(C)(C)CNCC1Cc2cc(F)ccc2O1. The summed E-state index contributed by atoms with van der Waals surface area (Å²) in [5.74, 6) is 0.641. The molecule has 100 valence electrons. The van der Waals surface area contributed by atoms with Crippen LogP contribution >= 0.6 is 11.8 Å². The van der Waals surface area contributed by atoms with E-state index in [9.17, 15) is 4.39 Å². The maximum atomic E-state index is 13.1. The Morgan fingerprint density at radius 3 is 3.00 bits per heavy atom. The zero-order chi connectivity index (χ0) is 13.2. The van der Waals surface area contributed by atoms with Crippen molar-refractivity contribution in [3.05, 3.63) is 29.6 Å². The Bertz CT molecular complexity index is 422. The molecule has 1 N–H and O–H groups in total. The molecule has 0 aliphatic carbocycles. The Morgan fingerprint density at radius 2 is 2.28 bits per heavy atom. The molecule has 1 aliphatic rings. The van der Waals surface area contributed by atoms with Gasteiger partial charge in [0.15, 0.2) is 0 Å². The van der Waals surface area contributed by atoms with Gasteiger partial charge in [-0.15, -0.1) is 0 Å². The van der Waals surface area contributed by atoms with Crippen LogP contribution in [0.25, 0.3) is 0 Å². The molecule has 2 nitrogen and oxygen atoms in total. The highest BCUT2D eigenvalue weighted by molar-refractivity contribution is 7.99. The number of fused-ring (bicyclic) bond motifs is 1. The molecule has 0 aromatic heterocycles. The molecular weight excluding hydrogens is 249 g/mol. The number of benzene rings is 1. The molecule has 1 aromatic rings. The lowest BCUT2D eigenvalue weighted by Crippen LogP contribution is -2.38. The summed E-state index contributed by atoms with van der Waals surface area (Å²) in [6.07, 6.45) is 3.03. The summed E-state index contributed by atoms with van der Waals surface area (Å²) in [7, 11) is 0. The van der Waals surface area contributed by atoms with Crippen molar-refractivity contribution in [2.45, 2.75) is 31.1 Å². The van der Waals surface area contributed by atoms with Crippen LogP contribution in [0.2, 0.25) is 0 Å². The third kappa shape index (κ3) is 3.39. The Hall–Kier alpha value is -0.740. The van der Waals surface area contributed by atoms with Crippen LogP contribution in [0.3, 0.4) is 0 Å². The highest BCUT2D eigenvalue weighted by Gasteiger charge is 2.24. The lowest BCUT2D eigenvalue weighted by molar-refractivity contribution is 0.226. The fourth-order valence-electron chi connectivity index (χ4n) is 2.01. The zero-order valence-electron chi connectivity index (χ0n) is 11.1. The lowest BCUT2D eigenvalue weighted by atomic mass is 10.1. The number of halogens is 1. The van der Waals surface area contributed by atoms with Gasteiger partial charge in [-0.2, -0.15) is 11.8 Å². The van der Waals surface area contributed by atoms with Crippen molar-refractivity contribution in [1.29, 1.82) is 0 Å². The number of nitrogens with one attached hydrogen (secondary N) is 1. The van der Waals surface area contributed by atoms with Gasteiger partial charge < -0.3 is 10.1 Å². The highest BCUT2D eigenvalue weighted by atomic mass is 32.2. The van der Waals surface area contributed by atoms with Crippen LogP contribution in [0.1, 0.15) is 19.4 Å². The van der Waals surface area contributed by atoms with Gasteiger partial charge in [-0.05, 0) is 38.3 Å². The average Bonchev–Trinajstić information content (AvgIpc) is 2.70. The second-order valence-electron chi connectivity index (χ2n) is 5.29. The molecule has 1 aromatic carbocycles. The molecular formula is C14H20FNOS. The molecule has 0 saturated carbocycles. The van der Waals surface area contributed by atoms with Crippen molar-refractivity contribution in [3.63, 3.8) is 0 Å². The van der Waals surface area contributed by atoms with Gasteiger partial charge in [0.05, 0.1) is 0 Å². The molecule has 0 bridgehead atoms. The zero-order valence-corrected chi connectivity index (χ0v) is 11.9.